The number of nitrogens with one attached hydrogen (secondary N) is 3. The van der Waals surface area contributed by atoms with Gasteiger partial charge < -0.3 is 15.4 Å². The number of halogens is 2. The molecule has 1 heterocycles. The smallest absolute Gasteiger partial charge is 0.191 e. The van der Waals surface area contributed by atoms with E-state index in [4.69, 9.17) is 16.3 Å². The SMILES string of the molecule is CN=C(NCc1nc(-c2ccc(OC)cc2)n[nH]1)NCc1ccccc1Cl.I. The lowest BCUT2D eigenvalue weighted by Crippen LogP contribution is -2.36. The average molecular weight is 513 g/mol. The highest BCUT2D eigenvalue weighted by Crippen LogP contribution is 2.19. The Morgan fingerprint density at radius 3 is 2.50 bits per heavy atom. The molecule has 0 amide bonds. The van der Waals surface area contributed by atoms with Crippen LogP contribution in [-0.4, -0.2) is 35.3 Å². The van der Waals surface area contributed by atoms with E-state index in [0.29, 0.717) is 30.7 Å². The maximum absolute atomic E-state index is 6.17. The first-order chi connectivity index (χ1) is 13.2. The number of hydrogen-bond donors (Lipinski definition) is 3. The van der Waals surface area contributed by atoms with E-state index in [2.05, 4.69) is 30.8 Å². The van der Waals surface area contributed by atoms with Gasteiger partial charge in [-0.2, -0.15) is 5.10 Å². The standard InChI is InChI=1S/C19H21ClN6O.HI/c1-21-19(22-11-14-5-3-4-6-16(14)20)23-12-17-24-18(26-25-17)13-7-9-15(27-2)10-8-13;/h3-10H,11-12H2,1-2H3,(H2,21,22,23)(H,24,25,26);1H. The molecule has 0 aliphatic carbocycles. The van der Waals surface area contributed by atoms with Crippen LogP contribution in [0.3, 0.4) is 0 Å². The van der Waals surface area contributed by atoms with Gasteiger partial charge in [0.15, 0.2) is 11.8 Å². The third kappa shape index (κ3) is 5.83. The molecule has 0 aliphatic rings. The van der Waals surface area contributed by atoms with Crippen LogP contribution in [0, 0.1) is 0 Å². The van der Waals surface area contributed by atoms with Crippen molar-refractivity contribution in [2.24, 2.45) is 4.99 Å². The third-order valence-electron chi connectivity index (χ3n) is 3.93. The van der Waals surface area contributed by atoms with Crippen LogP contribution in [-0.2, 0) is 13.1 Å². The number of hydrogen-bond acceptors (Lipinski definition) is 4. The molecule has 2 aromatic carbocycles. The lowest BCUT2D eigenvalue weighted by Gasteiger charge is -2.11. The van der Waals surface area contributed by atoms with Gasteiger partial charge in [-0.15, -0.1) is 24.0 Å². The Bertz CT molecular complexity index is 913. The highest BCUT2D eigenvalue weighted by atomic mass is 127. The summed E-state index contributed by atoms with van der Waals surface area (Å²) in [4.78, 5) is 8.71. The molecule has 0 saturated heterocycles. The lowest BCUT2D eigenvalue weighted by molar-refractivity contribution is 0.415. The van der Waals surface area contributed by atoms with Crippen molar-refractivity contribution < 1.29 is 4.74 Å². The number of aromatic amines is 1. The highest BCUT2D eigenvalue weighted by Gasteiger charge is 2.07. The number of methoxy groups -OCH3 is 1. The molecule has 0 radical (unpaired) electrons. The number of rotatable bonds is 6. The molecular formula is C19H22ClIN6O. The first-order valence-electron chi connectivity index (χ1n) is 8.43. The number of aliphatic imine (C=N–C) groups is 1. The fourth-order valence-electron chi connectivity index (χ4n) is 2.45. The van der Waals surface area contributed by atoms with Crippen molar-refractivity contribution >= 4 is 41.5 Å². The molecule has 3 N–H and O–H groups in total. The first-order valence-corrected chi connectivity index (χ1v) is 8.81. The highest BCUT2D eigenvalue weighted by molar-refractivity contribution is 14.0. The van der Waals surface area contributed by atoms with Crippen molar-refractivity contribution in [1.29, 1.82) is 0 Å². The van der Waals surface area contributed by atoms with E-state index in [-0.39, 0.29) is 24.0 Å². The van der Waals surface area contributed by atoms with Gasteiger partial charge in [0.2, 0.25) is 0 Å². The Hall–Kier alpha value is -2.33. The number of benzene rings is 2. The molecular weight excluding hydrogens is 491 g/mol. The summed E-state index contributed by atoms with van der Waals surface area (Å²) in [6, 6.07) is 15.3. The van der Waals surface area contributed by atoms with Crippen LogP contribution in [0.4, 0.5) is 0 Å². The van der Waals surface area contributed by atoms with Gasteiger partial charge in [-0.25, -0.2) is 4.98 Å². The van der Waals surface area contributed by atoms with Crippen molar-refractivity contribution in [3.63, 3.8) is 0 Å². The van der Waals surface area contributed by atoms with Crippen LogP contribution >= 0.6 is 35.6 Å². The molecule has 3 aromatic rings. The molecule has 28 heavy (non-hydrogen) atoms. The number of ether oxygens (including phenoxy) is 1. The van der Waals surface area contributed by atoms with Gasteiger partial charge in [0.05, 0.1) is 13.7 Å². The first kappa shape index (κ1) is 22.0. The zero-order chi connectivity index (χ0) is 19.1. The monoisotopic (exact) mass is 512 g/mol. The van der Waals surface area contributed by atoms with Gasteiger partial charge >= 0.3 is 0 Å². The van der Waals surface area contributed by atoms with E-state index in [1.54, 1.807) is 14.2 Å². The normalized spacial score (nSPS) is 10.9. The fraction of sp³-hybridized carbons (Fsp3) is 0.211. The maximum Gasteiger partial charge on any atom is 0.191 e. The molecule has 1 aromatic heterocycles. The predicted octanol–water partition coefficient (Wildman–Crippen LogP) is 3.62. The topological polar surface area (TPSA) is 87.2 Å². The van der Waals surface area contributed by atoms with Crippen molar-refractivity contribution in [3.8, 4) is 17.1 Å². The Morgan fingerprint density at radius 2 is 1.82 bits per heavy atom. The average Bonchev–Trinajstić information content (AvgIpc) is 3.18. The summed E-state index contributed by atoms with van der Waals surface area (Å²) >= 11 is 6.17. The molecule has 0 atom stereocenters. The number of H-pyrrole nitrogens is 1. The minimum Gasteiger partial charge on any atom is -0.497 e. The predicted molar refractivity (Wildman–Crippen MR) is 122 cm³/mol. The number of aromatic nitrogens is 3. The van der Waals surface area contributed by atoms with Crippen LogP contribution in [0.5, 0.6) is 5.75 Å². The second kappa shape index (κ2) is 10.9. The van der Waals surface area contributed by atoms with E-state index in [9.17, 15) is 0 Å². The molecule has 0 unspecified atom stereocenters. The summed E-state index contributed by atoms with van der Waals surface area (Å²) in [5, 5.41) is 14.3. The molecule has 9 heteroatoms. The second-order valence-corrected chi connectivity index (χ2v) is 6.11. The molecule has 0 spiro atoms. The lowest BCUT2D eigenvalue weighted by atomic mass is 10.2. The summed E-state index contributed by atoms with van der Waals surface area (Å²) in [7, 11) is 3.35. The van der Waals surface area contributed by atoms with Crippen LogP contribution in [0.2, 0.25) is 5.02 Å². The van der Waals surface area contributed by atoms with E-state index in [1.165, 1.54) is 0 Å². The van der Waals surface area contributed by atoms with Gasteiger partial charge in [-0.05, 0) is 35.9 Å². The summed E-state index contributed by atoms with van der Waals surface area (Å²) in [6.45, 7) is 1.04. The Kier molecular flexibility index (Phi) is 8.52. The summed E-state index contributed by atoms with van der Waals surface area (Å²) < 4.78 is 5.16. The van der Waals surface area contributed by atoms with E-state index in [0.717, 1.165) is 21.9 Å². The number of guanidine groups is 1. The van der Waals surface area contributed by atoms with Crippen LogP contribution in [0.25, 0.3) is 11.4 Å². The Labute approximate surface area is 186 Å². The largest absolute Gasteiger partial charge is 0.497 e. The van der Waals surface area contributed by atoms with Gasteiger partial charge in [-0.3, -0.25) is 10.1 Å². The fourth-order valence-corrected chi connectivity index (χ4v) is 2.65. The van der Waals surface area contributed by atoms with Gasteiger partial charge in [0.25, 0.3) is 0 Å². The van der Waals surface area contributed by atoms with Gasteiger partial charge in [0, 0.05) is 24.2 Å². The molecule has 0 bridgehead atoms. The van der Waals surface area contributed by atoms with E-state index >= 15 is 0 Å². The molecule has 0 aliphatic heterocycles. The number of nitrogens with zero attached hydrogens (tertiary/aromatic N) is 3. The Balaban J connectivity index is 0.00000280. The maximum atomic E-state index is 6.17. The van der Waals surface area contributed by atoms with Crippen molar-refractivity contribution in [3.05, 3.63) is 64.9 Å². The van der Waals surface area contributed by atoms with Gasteiger partial charge in [-0.1, -0.05) is 29.8 Å². The Morgan fingerprint density at radius 1 is 1.11 bits per heavy atom. The van der Waals surface area contributed by atoms with E-state index in [1.807, 2.05) is 48.5 Å². The zero-order valence-electron chi connectivity index (χ0n) is 15.6. The minimum atomic E-state index is 0. The van der Waals surface area contributed by atoms with Crippen molar-refractivity contribution in [1.82, 2.24) is 25.8 Å². The molecule has 0 fully saturated rings. The summed E-state index contributed by atoms with van der Waals surface area (Å²) in [5.41, 5.74) is 1.92. The molecule has 7 nitrogen and oxygen atoms in total. The van der Waals surface area contributed by atoms with Crippen molar-refractivity contribution in [2.45, 2.75) is 13.1 Å². The van der Waals surface area contributed by atoms with Crippen LogP contribution in [0.1, 0.15) is 11.4 Å². The molecule has 148 valence electrons. The molecule has 3 rings (SSSR count). The third-order valence-corrected chi connectivity index (χ3v) is 4.30. The van der Waals surface area contributed by atoms with Crippen molar-refractivity contribution in [2.75, 3.05) is 14.2 Å². The second-order valence-electron chi connectivity index (χ2n) is 5.70. The van der Waals surface area contributed by atoms with E-state index < -0.39 is 0 Å². The van der Waals surface area contributed by atoms with Crippen LogP contribution < -0.4 is 15.4 Å². The zero-order valence-corrected chi connectivity index (χ0v) is 18.7. The van der Waals surface area contributed by atoms with Gasteiger partial charge in [0.1, 0.15) is 11.6 Å². The summed E-state index contributed by atoms with van der Waals surface area (Å²) in [5.74, 6) is 2.79. The van der Waals surface area contributed by atoms with Crippen LogP contribution in [0.15, 0.2) is 53.5 Å². The minimum absolute atomic E-state index is 0. The molecule has 0 saturated carbocycles. The quantitative estimate of drug-likeness (QED) is 0.267. The summed E-state index contributed by atoms with van der Waals surface area (Å²) in [6.07, 6.45) is 0.